The van der Waals surface area contributed by atoms with E-state index >= 15 is 0 Å². The third-order valence-corrected chi connectivity index (χ3v) is 6.53. The molecule has 1 saturated heterocycles. The number of aromatic nitrogens is 2. The summed E-state index contributed by atoms with van der Waals surface area (Å²) >= 11 is 1.47. The van der Waals surface area contributed by atoms with E-state index in [0.717, 1.165) is 29.6 Å². The van der Waals surface area contributed by atoms with Gasteiger partial charge in [0.25, 0.3) is 0 Å². The smallest absolute Gasteiger partial charge is 0.233 e. The molecule has 1 aromatic heterocycles. The Morgan fingerprint density at radius 3 is 2.48 bits per heavy atom. The van der Waals surface area contributed by atoms with Crippen molar-refractivity contribution in [2.45, 2.75) is 24.9 Å². The zero-order valence-corrected chi connectivity index (χ0v) is 18.7. The van der Waals surface area contributed by atoms with Crippen LogP contribution in [0.25, 0.3) is 5.69 Å². The molecule has 0 N–H and O–H groups in total. The van der Waals surface area contributed by atoms with Crippen molar-refractivity contribution in [3.8, 4) is 5.69 Å². The fourth-order valence-electron chi connectivity index (χ4n) is 3.86. The maximum Gasteiger partial charge on any atom is 0.233 e. The fraction of sp³-hybridized carbons (Fsp3) is 0.333. The van der Waals surface area contributed by atoms with E-state index in [1.807, 2.05) is 17.2 Å². The van der Waals surface area contributed by atoms with E-state index in [9.17, 15) is 9.18 Å². The Morgan fingerprint density at radius 1 is 1.06 bits per heavy atom. The number of imidazole rings is 1. The van der Waals surface area contributed by atoms with Crippen LogP contribution >= 0.6 is 11.8 Å². The Bertz CT molecular complexity index is 1030. The number of nitrogens with zero attached hydrogens (tertiary/aromatic N) is 4. The van der Waals surface area contributed by atoms with E-state index in [2.05, 4.69) is 46.5 Å². The normalized spacial score (nSPS) is 14.3. The van der Waals surface area contributed by atoms with Gasteiger partial charge in [0, 0.05) is 44.3 Å². The predicted molar refractivity (Wildman–Crippen MR) is 124 cm³/mol. The molecule has 5 nitrogen and oxygen atoms in total. The van der Waals surface area contributed by atoms with E-state index in [-0.39, 0.29) is 11.7 Å². The van der Waals surface area contributed by atoms with Crippen molar-refractivity contribution in [2.24, 2.45) is 0 Å². The Morgan fingerprint density at radius 2 is 1.77 bits per heavy atom. The largest absolute Gasteiger partial charge is 0.368 e. The second kappa shape index (κ2) is 9.56. The lowest BCUT2D eigenvalue weighted by molar-refractivity contribution is -0.128. The molecule has 7 heteroatoms. The third kappa shape index (κ3) is 4.93. The summed E-state index contributed by atoms with van der Waals surface area (Å²) in [5.74, 6) is 0.645. The van der Waals surface area contributed by atoms with Crippen LogP contribution in [0.2, 0.25) is 0 Å². The Hall–Kier alpha value is -2.80. The Kier molecular flexibility index (Phi) is 6.61. The SMILES string of the molecule is CC(C)c1ccccc1-n1ccnc1SCC(=O)N1CCN(c2ccc(F)cc2)CC1. The number of amides is 1. The molecule has 1 fully saturated rings. The highest BCUT2D eigenvalue weighted by Crippen LogP contribution is 2.27. The summed E-state index contributed by atoms with van der Waals surface area (Å²) in [6, 6.07) is 14.8. The van der Waals surface area contributed by atoms with Crippen molar-refractivity contribution >= 4 is 23.4 Å². The second-order valence-electron chi connectivity index (χ2n) is 7.93. The quantitative estimate of drug-likeness (QED) is 0.529. The Balaban J connectivity index is 1.36. The number of benzene rings is 2. The van der Waals surface area contributed by atoms with Crippen LogP contribution in [0, 0.1) is 5.82 Å². The van der Waals surface area contributed by atoms with Crippen molar-refractivity contribution in [2.75, 3.05) is 36.8 Å². The molecule has 0 radical (unpaired) electrons. The lowest BCUT2D eigenvalue weighted by atomic mass is 10.0. The fourth-order valence-corrected chi connectivity index (χ4v) is 4.73. The first-order valence-electron chi connectivity index (χ1n) is 10.6. The van der Waals surface area contributed by atoms with E-state index in [1.54, 1.807) is 18.3 Å². The topological polar surface area (TPSA) is 41.4 Å². The van der Waals surface area contributed by atoms with E-state index in [0.29, 0.717) is 24.8 Å². The number of carbonyl (C=O) groups excluding carboxylic acids is 1. The second-order valence-corrected chi connectivity index (χ2v) is 8.87. The monoisotopic (exact) mass is 438 g/mol. The van der Waals surface area contributed by atoms with Gasteiger partial charge in [-0.2, -0.15) is 0 Å². The molecule has 1 aliphatic rings. The molecule has 0 unspecified atom stereocenters. The van der Waals surface area contributed by atoms with E-state index < -0.39 is 0 Å². The van der Waals surface area contributed by atoms with Gasteiger partial charge in [0.15, 0.2) is 5.16 Å². The van der Waals surface area contributed by atoms with Gasteiger partial charge in [-0.05, 0) is 41.8 Å². The van der Waals surface area contributed by atoms with Crippen molar-refractivity contribution < 1.29 is 9.18 Å². The first-order chi connectivity index (χ1) is 15.0. The van der Waals surface area contributed by atoms with Crippen LogP contribution in [0.15, 0.2) is 66.1 Å². The number of rotatable bonds is 6. The molecular formula is C24H27FN4OS. The number of anilines is 1. The summed E-state index contributed by atoms with van der Waals surface area (Å²) in [6.45, 7) is 7.19. The minimum atomic E-state index is -0.232. The average molecular weight is 439 g/mol. The number of thioether (sulfide) groups is 1. The molecule has 0 bridgehead atoms. The van der Waals surface area contributed by atoms with Crippen LogP contribution in [0.5, 0.6) is 0 Å². The average Bonchev–Trinajstić information content (AvgIpc) is 3.26. The number of para-hydroxylation sites is 1. The highest BCUT2D eigenvalue weighted by molar-refractivity contribution is 7.99. The standard InChI is InChI=1S/C24H27FN4OS/c1-18(2)21-5-3-4-6-22(21)29-12-11-26-24(29)31-17-23(30)28-15-13-27(14-16-28)20-9-7-19(25)8-10-20/h3-12,18H,13-17H2,1-2H3. The van der Waals surface area contributed by atoms with Gasteiger partial charge in [0.05, 0.1) is 11.4 Å². The minimum absolute atomic E-state index is 0.121. The van der Waals surface area contributed by atoms with Crippen LogP contribution in [-0.4, -0.2) is 52.3 Å². The molecule has 0 aliphatic carbocycles. The molecule has 1 aliphatic heterocycles. The molecule has 4 rings (SSSR count). The van der Waals surface area contributed by atoms with Gasteiger partial charge in [0.2, 0.25) is 5.91 Å². The number of piperazine rings is 1. The molecular weight excluding hydrogens is 411 g/mol. The van der Waals surface area contributed by atoms with Crippen LogP contribution in [0.1, 0.15) is 25.3 Å². The first kappa shape index (κ1) is 21.4. The van der Waals surface area contributed by atoms with Crippen molar-refractivity contribution in [1.29, 1.82) is 0 Å². The third-order valence-electron chi connectivity index (χ3n) is 5.57. The zero-order valence-electron chi connectivity index (χ0n) is 17.9. The molecule has 0 atom stereocenters. The van der Waals surface area contributed by atoms with Gasteiger partial charge in [-0.25, -0.2) is 9.37 Å². The summed E-state index contributed by atoms with van der Waals surface area (Å²) in [5, 5.41) is 0.825. The van der Waals surface area contributed by atoms with Crippen LogP contribution in [0.4, 0.5) is 10.1 Å². The number of hydrogen-bond acceptors (Lipinski definition) is 4. The summed E-state index contributed by atoms with van der Waals surface area (Å²) in [5.41, 5.74) is 3.36. The molecule has 2 heterocycles. The van der Waals surface area contributed by atoms with Gasteiger partial charge in [-0.15, -0.1) is 0 Å². The summed E-state index contributed by atoms with van der Waals surface area (Å²) in [7, 11) is 0. The van der Waals surface area contributed by atoms with Crippen LogP contribution < -0.4 is 4.90 Å². The first-order valence-corrected chi connectivity index (χ1v) is 11.5. The van der Waals surface area contributed by atoms with Gasteiger partial charge in [-0.1, -0.05) is 43.8 Å². The predicted octanol–water partition coefficient (Wildman–Crippen LogP) is 4.58. The van der Waals surface area contributed by atoms with E-state index in [1.165, 1.54) is 29.5 Å². The highest BCUT2D eigenvalue weighted by Gasteiger charge is 2.22. The molecule has 162 valence electrons. The zero-order chi connectivity index (χ0) is 21.8. The summed E-state index contributed by atoms with van der Waals surface area (Å²) < 4.78 is 15.2. The lowest BCUT2D eigenvalue weighted by Gasteiger charge is -2.36. The molecule has 31 heavy (non-hydrogen) atoms. The Labute approximate surface area is 186 Å². The maximum absolute atomic E-state index is 13.1. The van der Waals surface area contributed by atoms with Crippen LogP contribution in [-0.2, 0) is 4.79 Å². The molecule has 0 spiro atoms. The van der Waals surface area contributed by atoms with Crippen molar-refractivity contribution in [1.82, 2.24) is 14.5 Å². The molecule has 1 amide bonds. The molecule has 2 aromatic carbocycles. The summed E-state index contributed by atoms with van der Waals surface area (Å²) in [4.78, 5) is 21.4. The number of carbonyl (C=O) groups is 1. The van der Waals surface area contributed by atoms with Gasteiger partial charge >= 0.3 is 0 Å². The van der Waals surface area contributed by atoms with Crippen molar-refractivity contribution in [3.63, 3.8) is 0 Å². The van der Waals surface area contributed by atoms with Crippen molar-refractivity contribution in [3.05, 3.63) is 72.3 Å². The van der Waals surface area contributed by atoms with Gasteiger partial charge in [-0.3, -0.25) is 9.36 Å². The maximum atomic E-state index is 13.1. The van der Waals surface area contributed by atoms with E-state index in [4.69, 9.17) is 0 Å². The number of hydrogen-bond donors (Lipinski definition) is 0. The number of halogens is 1. The molecule has 3 aromatic rings. The minimum Gasteiger partial charge on any atom is -0.368 e. The summed E-state index contributed by atoms with van der Waals surface area (Å²) in [6.07, 6.45) is 3.74. The van der Waals surface area contributed by atoms with Crippen LogP contribution in [0.3, 0.4) is 0 Å². The lowest BCUT2D eigenvalue weighted by Crippen LogP contribution is -2.49. The van der Waals surface area contributed by atoms with Gasteiger partial charge in [0.1, 0.15) is 5.82 Å². The highest BCUT2D eigenvalue weighted by atomic mass is 32.2. The van der Waals surface area contributed by atoms with Gasteiger partial charge < -0.3 is 9.80 Å². The molecule has 0 saturated carbocycles.